The summed E-state index contributed by atoms with van der Waals surface area (Å²) >= 11 is 1.86. The molecular formula is C19H30N4S. The topological polar surface area (TPSA) is 39.7 Å². The number of benzene rings is 1. The molecule has 1 heterocycles. The molecule has 132 valence electrons. The van der Waals surface area contributed by atoms with Crippen molar-refractivity contribution in [1.29, 1.82) is 0 Å². The van der Waals surface area contributed by atoms with Gasteiger partial charge < -0.3 is 15.5 Å². The third-order valence-electron chi connectivity index (χ3n) is 4.09. The molecule has 1 aliphatic heterocycles. The van der Waals surface area contributed by atoms with Crippen molar-refractivity contribution >= 4 is 23.4 Å². The number of anilines is 1. The van der Waals surface area contributed by atoms with Crippen molar-refractivity contribution < 1.29 is 0 Å². The Hall–Kier alpha value is -1.62. The van der Waals surface area contributed by atoms with Crippen molar-refractivity contribution in [3.8, 4) is 0 Å². The summed E-state index contributed by atoms with van der Waals surface area (Å²) < 4.78 is 0.193. The molecule has 0 saturated carbocycles. The highest BCUT2D eigenvalue weighted by Crippen LogP contribution is 2.20. The van der Waals surface area contributed by atoms with Crippen LogP contribution >= 0.6 is 11.8 Å². The number of guanidine groups is 1. The monoisotopic (exact) mass is 346 g/mol. The van der Waals surface area contributed by atoms with E-state index in [1.54, 1.807) is 0 Å². The molecule has 0 atom stereocenters. The van der Waals surface area contributed by atoms with Crippen LogP contribution in [0.1, 0.15) is 26.3 Å². The van der Waals surface area contributed by atoms with E-state index in [-0.39, 0.29) is 4.75 Å². The quantitative estimate of drug-likeness (QED) is 0.452. The summed E-state index contributed by atoms with van der Waals surface area (Å²) in [4.78, 5) is 7.10. The maximum atomic E-state index is 4.74. The molecule has 24 heavy (non-hydrogen) atoms. The Kier molecular flexibility index (Phi) is 7.03. The summed E-state index contributed by atoms with van der Waals surface area (Å²) in [5.41, 5.74) is 2.51. The Morgan fingerprint density at radius 2 is 2.00 bits per heavy atom. The van der Waals surface area contributed by atoms with Gasteiger partial charge in [-0.2, -0.15) is 11.8 Å². The van der Waals surface area contributed by atoms with Gasteiger partial charge in [-0.1, -0.05) is 24.3 Å². The van der Waals surface area contributed by atoms with E-state index in [2.05, 4.69) is 79.0 Å². The Bertz CT molecular complexity index is 572. The lowest BCUT2D eigenvalue weighted by molar-refractivity contribution is 0.665. The highest BCUT2D eigenvalue weighted by molar-refractivity contribution is 7.99. The lowest BCUT2D eigenvalue weighted by Gasteiger charge is -2.23. The largest absolute Gasteiger partial charge is 0.364 e. The van der Waals surface area contributed by atoms with Crippen LogP contribution in [0.3, 0.4) is 0 Å². The van der Waals surface area contributed by atoms with E-state index in [4.69, 9.17) is 4.99 Å². The van der Waals surface area contributed by atoms with E-state index in [1.807, 2.05) is 11.8 Å². The predicted octanol–water partition coefficient (Wildman–Crippen LogP) is 3.26. The molecule has 1 aliphatic rings. The first kappa shape index (κ1) is 18.7. The zero-order chi connectivity index (χ0) is 17.4. The van der Waals surface area contributed by atoms with E-state index in [0.29, 0.717) is 6.54 Å². The molecule has 1 aromatic carbocycles. The predicted molar refractivity (Wildman–Crippen MR) is 108 cm³/mol. The summed E-state index contributed by atoms with van der Waals surface area (Å²) in [6, 6.07) is 8.68. The van der Waals surface area contributed by atoms with Crippen molar-refractivity contribution in [3.05, 3.63) is 42.0 Å². The molecule has 0 aromatic heterocycles. The van der Waals surface area contributed by atoms with Gasteiger partial charge in [-0.25, -0.2) is 4.99 Å². The molecule has 0 radical (unpaired) electrons. The third-order valence-corrected chi connectivity index (χ3v) is 5.34. The Morgan fingerprint density at radius 1 is 1.25 bits per heavy atom. The molecule has 0 bridgehead atoms. The fraction of sp³-hybridized carbons (Fsp3) is 0.526. The normalized spacial score (nSPS) is 15.0. The third kappa shape index (κ3) is 5.78. The molecule has 0 amide bonds. The van der Waals surface area contributed by atoms with Crippen LogP contribution in [0, 0.1) is 0 Å². The van der Waals surface area contributed by atoms with Crippen LogP contribution in [0.2, 0.25) is 0 Å². The second-order valence-corrected chi connectivity index (χ2v) is 8.07. The first-order valence-corrected chi connectivity index (χ1v) is 9.83. The van der Waals surface area contributed by atoms with Gasteiger partial charge in [-0.3, -0.25) is 0 Å². The highest BCUT2D eigenvalue weighted by Gasteiger charge is 2.16. The maximum Gasteiger partial charge on any atom is 0.191 e. The van der Waals surface area contributed by atoms with Gasteiger partial charge in [0.2, 0.25) is 0 Å². The van der Waals surface area contributed by atoms with E-state index < -0.39 is 0 Å². The molecule has 0 spiro atoms. The van der Waals surface area contributed by atoms with Crippen molar-refractivity contribution in [2.24, 2.45) is 4.99 Å². The molecule has 0 saturated heterocycles. The Morgan fingerprint density at radius 3 is 2.67 bits per heavy atom. The van der Waals surface area contributed by atoms with Gasteiger partial charge in [-0.15, -0.1) is 0 Å². The SMILES string of the molecule is CCNC(=NCc1cccc(N2CC=CC2)c1)NCC(C)(C)SC. The second kappa shape index (κ2) is 9.02. The lowest BCUT2D eigenvalue weighted by Crippen LogP contribution is -2.43. The molecule has 0 unspecified atom stereocenters. The molecule has 0 fully saturated rings. The number of hydrogen-bond donors (Lipinski definition) is 2. The minimum atomic E-state index is 0.193. The van der Waals surface area contributed by atoms with Crippen LogP contribution in [-0.4, -0.2) is 43.1 Å². The standard InChI is InChI=1S/C19H30N4S/c1-5-20-18(22-15-19(2,3)24-4)21-14-16-9-8-10-17(13-16)23-11-6-7-12-23/h6-10,13H,5,11-12,14-15H2,1-4H3,(H2,20,21,22). The summed E-state index contributed by atoms with van der Waals surface area (Å²) in [5.74, 6) is 0.882. The van der Waals surface area contributed by atoms with Crippen LogP contribution in [0.5, 0.6) is 0 Å². The number of aliphatic imine (C=N–C) groups is 1. The minimum Gasteiger partial charge on any atom is -0.364 e. The van der Waals surface area contributed by atoms with Crippen LogP contribution in [0.4, 0.5) is 5.69 Å². The average molecular weight is 347 g/mol. The summed E-state index contributed by atoms with van der Waals surface area (Å²) in [5, 5.41) is 6.78. The van der Waals surface area contributed by atoms with Gasteiger partial charge in [-0.05, 0) is 44.7 Å². The van der Waals surface area contributed by atoms with Gasteiger partial charge in [0.15, 0.2) is 5.96 Å². The summed E-state index contributed by atoms with van der Waals surface area (Å²) in [7, 11) is 0. The fourth-order valence-corrected chi connectivity index (χ4v) is 2.64. The Balaban J connectivity index is 1.98. The van der Waals surface area contributed by atoms with E-state index in [9.17, 15) is 0 Å². The molecule has 2 rings (SSSR count). The van der Waals surface area contributed by atoms with E-state index in [0.717, 1.165) is 32.1 Å². The van der Waals surface area contributed by atoms with E-state index in [1.165, 1.54) is 11.3 Å². The van der Waals surface area contributed by atoms with E-state index >= 15 is 0 Å². The number of nitrogens with one attached hydrogen (secondary N) is 2. The number of hydrogen-bond acceptors (Lipinski definition) is 3. The molecule has 5 heteroatoms. The fourth-order valence-electron chi connectivity index (χ4n) is 2.42. The maximum absolute atomic E-state index is 4.74. The van der Waals surface area contributed by atoms with Gasteiger partial charge >= 0.3 is 0 Å². The first-order valence-electron chi connectivity index (χ1n) is 8.60. The zero-order valence-electron chi connectivity index (χ0n) is 15.3. The summed E-state index contributed by atoms with van der Waals surface area (Å²) in [6.07, 6.45) is 6.57. The van der Waals surface area contributed by atoms with Crippen molar-refractivity contribution in [2.45, 2.75) is 32.1 Å². The molecule has 1 aromatic rings. The minimum absolute atomic E-state index is 0.193. The number of nitrogens with zero attached hydrogens (tertiary/aromatic N) is 2. The van der Waals surface area contributed by atoms with Crippen molar-refractivity contribution in [3.63, 3.8) is 0 Å². The van der Waals surface area contributed by atoms with Gasteiger partial charge in [0.1, 0.15) is 0 Å². The van der Waals surface area contributed by atoms with Crippen molar-refractivity contribution in [1.82, 2.24) is 10.6 Å². The zero-order valence-corrected chi connectivity index (χ0v) is 16.1. The van der Waals surface area contributed by atoms with Crippen LogP contribution < -0.4 is 15.5 Å². The van der Waals surface area contributed by atoms with Crippen molar-refractivity contribution in [2.75, 3.05) is 37.3 Å². The smallest absolute Gasteiger partial charge is 0.191 e. The van der Waals surface area contributed by atoms with Gasteiger partial charge in [0.05, 0.1) is 6.54 Å². The molecule has 0 aliphatic carbocycles. The molecular weight excluding hydrogens is 316 g/mol. The van der Waals surface area contributed by atoms with Crippen LogP contribution in [0.25, 0.3) is 0 Å². The average Bonchev–Trinajstić information content (AvgIpc) is 3.12. The number of rotatable bonds is 7. The van der Waals surface area contributed by atoms with Crippen LogP contribution in [0.15, 0.2) is 41.4 Å². The molecule has 4 nitrogen and oxygen atoms in total. The highest BCUT2D eigenvalue weighted by atomic mass is 32.2. The van der Waals surface area contributed by atoms with Gasteiger partial charge in [0.25, 0.3) is 0 Å². The Labute approximate surface area is 150 Å². The van der Waals surface area contributed by atoms with Crippen LogP contribution in [-0.2, 0) is 6.54 Å². The molecule has 2 N–H and O–H groups in total. The first-order chi connectivity index (χ1) is 11.5. The van der Waals surface area contributed by atoms with Gasteiger partial charge in [0, 0.05) is 36.6 Å². The lowest BCUT2D eigenvalue weighted by atomic mass is 10.2. The number of thioether (sulfide) groups is 1. The second-order valence-electron chi connectivity index (χ2n) is 6.56. The summed E-state index contributed by atoms with van der Waals surface area (Å²) in [6.45, 7) is 11.0.